The standard InChI is InChI=1S/C26H29Cl3N6O5S2/c27-19-6-4-18(5-7-19)25-21(17-30-42(39,40)34-12-14-41(37,38)15-13-34)24(26(36)32-33-10-2-1-3-11-33)31-35(25)23-9-8-20(28)16-22(23)29/h4-9,16,30H,1-3,10-15,17H2,(H,32,36). The van der Waals surface area contributed by atoms with Crippen LogP contribution >= 0.6 is 34.8 Å². The van der Waals surface area contributed by atoms with Crippen LogP contribution in [0.2, 0.25) is 15.1 Å². The van der Waals surface area contributed by atoms with E-state index in [0.717, 1.165) is 23.6 Å². The number of rotatable bonds is 8. The maximum Gasteiger partial charge on any atom is 0.286 e. The van der Waals surface area contributed by atoms with Crippen LogP contribution in [0.1, 0.15) is 35.3 Å². The van der Waals surface area contributed by atoms with Gasteiger partial charge < -0.3 is 0 Å². The highest BCUT2D eigenvalue weighted by atomic mass is 35.5. The molecule has 3 heterocycles. The number of nitrogens with zero attached hydrogens (tertiary/aromatic N) is 4. The molecule has 3 aromatic rings. The van der Waals surface area contributed by atoms with E-state index in [1.165, 1.54) is 4.68 Å². The van der Waals surface area contributed by atoms with E-state index in [2.05, 4.69) is 15.2 Å². The van der Waals surface area contributed by atoms with Crippen molar-refractivity contribution in [2.24, 2.45) is 0 Å². The topological polar surface area (TPSA) is 134 Å². The molecule has 2 saturated heterocycles. The second-order valence-electron chi connectivity index (χ2n) is 10.1. The number of hydrogen-bond donors (Lipinski definition) is 2. The molecule has 0 spiro atoms. The summed E-state index contributed by atoms with van der Waals surface area (Å²) in [4.78, 5) is 13.7. The Labute approximate surface area is 259 Å². The van der Waals surface area contributed by atoms with Crippen molar-refractivity contribution in [3.8, 4) is 16.9 Å². The zero-order valence-electron chi connectivity index (χ0n) is 22.4. The highest BCUT2D eigenvalue weighted by Gasteiger charge is 2.32. The second-order valence-corrected chi connectivity index (χ2v) is 15.4. The maximum atomic E-state index is 13.7. The summed E-state index contributed by atoms with van der Waals surface area (Å²) in [6, 6.07) is 11.7. The predicted octanol–water partition coefficient (Wildman–Crippen LogP) is 3.70. The molecule has 0 unspecified atom stereocenters. The lowest BCUT2D eigenvalue weighted by molar-refractivity contribution is 0.0743. The van der Waals surface area contributed by atoms with Gasteiger partial charge in [-0.25, -0.2) is 18.1 Å². The van der Waals surface area contributed by atoms with E-state index in [-0.39, 0.29) is 41.9 Å². The fraction of sp³-hybridized carbons (Fsp3) is 0.385. The van der Waals surface area contributed by atoms with Crippen molar-refractivity contribution < 1.29 is 21.6 Å². The number of sulfone groups is 1. The summed E-state index contributed by atoms with van der Waals surface area (Å²) >= 11 is 18.9. The third kappa shape index (κ3) is 7.11. The van der Waals surface area contributed by atoms with Crippen molar-refractivity contribution in [3.05, 3.63) is 68.8 Å². The first kappa shape index (κ1) is 31.2. The van der Waals surface area contributed by atoms with Crippen LogP contribution in [0.25, 0.3) is 16.9 Å². The van der Waals surface area contributed by atoms with Gasteiger partial charge in [0.15, 0.2) is 15.5 Å². The Kier molecular flexibility index (Phi) is 9.50. The van der Waals surface area contributed by atoms with Crippen molar-refractivity contribution in [1.82, 2.24) is 29.2 Å². The smallest absolute Gasteiger partial charge is 0.283 e. The molecule has 2 fully saturated rings. The molecule has 0 radical (unpaired) electrons. The highest BCUT2D eigenvalue weighted by Crippen LogP contribution is 2.34. The number of nitrogens with one attached hydrogen (secondary N) is 2. The number of aromatic nitrogens is 2. The Morgan fingerprint density at radius 2 is 1.55 bits per heavy atom. The molecule has 2 N–H and O–H groups in total. The summed E-state index contributed by atoms with van der Waals surface area (Å²) in [5.41, 5.74) is 4.66. The molecule has 0 bridgehead atoms. The van der Waals surface area contributed by atoms with E-state index < -0.39 is 26.0 Å². The minimum atomic E-state index is -4.10. The maximum absolute atomic E-state index is 13.7. The van der Waals surface area contributed by atoms with Gasteiger partial charge in [-0.2, -0.15) is 22.5 Å². The monoisotopic (exact) mass is 674 g/mol. The Bertz CT molecular complexity index is 1680. The molecule has 11 nitrogen and oxygen atoms in total. The average molecular weight is 676 g/mol. The predicted molar refractivity (Wildman–Crippen MR) is 163 cm³/mol. The van der Waals surface area contributed by atoms with Crippen molar-refractivity contribution in [1.29, 1.82) is 0 Å². The summed E-state index contributed by atoms with van der Waals surface area (Å²) in [5, 5.41) is 7.64. The van der Waals surface area contributed by atoms with Crippen molar-refractivity contribution in [2.75, 3.05) is 37.7 Å². The second kappa shape index (κ2) is 12.8. The van der Waals surface area contributed by atoms with Crippen LogP contribution in [-0.2, 0) is 26.6 Å². The third-order valence-corrected chi connectivity index (χ3v) is 11.1. The van der Waals surface area contributed by atoms with Crippen LogP contribution in [0.15, 0.2) is 42.5 Å². The normalized spacial score (nSPS) is 18.2. The fourth-order valence-electron chi connectivity index (χ4n) is 4.92. The van der Waals surface area contributed by atoms with Gasteiger partial charge in [0.05, 0.1) is 27.9 Å². The molecular formula is C26H29Cl3N6O5S2. The summed E-state index contributed by atoms with van der Waals surface area (Å²) < 4.78 is 55.4. The number of carbonyl (C=O) groups excluding carboxylic acids is 1. The lowest BCUT2D eigenvalue weighted by Crippen LogP contribution is -2.48. The lowest BCUT2D eigenvalue weighted by atomic mass is 10.0. The van der Waals surface area contributed by atoms with Crippen LogP contribution in [0.3, 0.4) is 0 Å². The molecule has 0 atom stereocenters. The van der Waals surface area contributed by atoms with E-state index in [9.17, 15) is 21.6 Å². The first-order chi connectivity index (χ1) is 19.9. The molecule has 42 heavy (non-hydrogen) atoms. The van der Waals surface area contributed by atoms with Crippen LogP contribution in [0.4, 0.5) is 0 Å². The Morgan fingerprint density at radius 3 is 2.19 bits per heavy atom. The third-order valence-electron chi connectivity index (χ3n) is 7.14. The lowest BCUT2D eigenvalue weighted by Gasteiger charge is -2.27. The minimum Gasteiger partial charge on any atom is -0.283 e. The number of halogens is 3. The van der Waals surface area contributed by atoms with Crippen molar-refractivity contribution in [3.63, 3.8) is 0 Å². The van der Waals surface area contributed by atoms with Crippen LogP contribution in [0.5, 0.6) is 0 Å². The molecule has 2 aliphatic heterocycles. The average Bonchev–Trinajstić information content (AvgIpc) is 3.32. The molecule has 16 heteroatoms. The van der Waals surface area contributed by atoms with Crippen LogP contribution < -0.4 is 10.1 Å². The number of benzene rings is 2. The summed E-state index contributed by atoms with van der Waals surface area (Å²) in [7, 11) is -7.39. The van der Waals surface area contributed by atoms with Gasteiger partial charge in [-0.15, -0.1) is 0 Å². The Balaban J connectivity index is 1.60. The quantitative estimate of drug-likeness (QED) is 0.372. The molecule has 1 amide bonds. The molecule has 2 aliphatic rings. The molecule has 2 aromatic carbocycles. The minimum absolute atomic E-state index is 0.000428. The van der Waals surface area contributed by atoms with Gasteiger partial charge in [0.1, 0.15) is 0 Å². The molecule has 226 valence electrons. The van der Waals surface area contributed by atoms with E-state index in [1.807, 2.05) is 5.01 Å². The van der Waals surface area contributed by atoms with Gasteiger partial charge >= 0.3 is 0 Å². The van der Waals surface area contributed by atoms with Crippen molar-refractivity contribution in [2.45, 2.75) is 25.8 Å². The van der Waals surface area contributed by atoms with E-state index >= 15 is 0 Å². The number of amides is 1. The van der Waals surface area contributed by atoms with Crippen molar-refractivity contribution >= 4 is 60.8 Å². The van der Waals surface area contributed by atoms with Crippen LogP contribution in [0, 0.1) is 0 Å². The number of hydrogen-bond acceptors (Lipinski definition) is 7. The van der Waals surface area contributed by atoms with Gasteiger partial charge in [-0.1, -0.05) is 53.4 Å². The van der Waals surface area contributed by atoms with Gasteiger partial charge in [0, 0.05) is 53.9 Å². The molecule has 1 aromatic heterocycles. The zero-order chi connectivity index (χ0) is 30.1. The van der Waals surface area contributed by atoms with Gasteiger partial charge in [0.2, 0.25) is 0 Å². The molecule has 0 saturated carbocycles. The summed E-state index contributed by atoms with van der Waals surface area (Å²) in [5.74, 6) is -1.03. The largest absolute Gasteiger partial charge is 0.286 e. The van der Waals surface area contributed by atoms with E-state index in [0.29, 0.717) is 45.6 Å². The summed E-state index contributed by atoms with van der Waals surface area (Å²) in [6.45, 7) is 0.726. The number of carbonyl (C=O) groups is 1. The number of piperidine rings is 1. The Hall–Kier alpha value is -2.23. The molecular weight excluding hydrogens is 647 g/mol. The SMILES string of the molecule is O=C(NN1CCCCC1)c1nn(-c2ccc(Cl)cc2Cl)c(-c2ccc(Cl)cc2)c1CNS(=O)(=O)N1CCS(=O)(=O)CC1. The molecule has 5 rings (SSSR count). The first-order valence-electron chi connectivity index (χ1n) is 13.3. The highest BCUT2D eigenvalue weighted by molar-refractivity contribution is 7.91. The van der Waals surface area contributed by atoms with Gasteiger partial charge in [-0.05, 0) is 43.2 Å². The van der Waals surface area contributed by atoms with Gasteiger partial charge in [0.25, 0.3) is 16.1 Å². The first-order valence-corrected chi connectivity index (χ1v) is 17.7. The van der Waals surface area contributed by atoms with E-state index in [4.69, 9.17) is 34.8 Å². The fourth-order valence-corrected chi connectivity index (χ4v) is 8.14. The van der Waals surface area contributed by atoms with Crippen LogP contribution in [-0.4, -0.2) is 79.5 Å². The molecule has 0 aliphatic carbocycles. The summed E-state index contributed by atoms with van der Waals surface area (Å²) in [6.07, 6.45) is 2.94. The zero-order valence-corrected chi connectivity index (χ0v) is 26.3. The Morgan fingerprint density at radius 1 is 0.905 bits per heavy atom. The van der Waals surface area contributed by atoms with Gasteiger partial charge in [-0.3, -0.25) is 10.2 Å². The van der Waals surface area contributed by atoms with E-state index in [1.54, 1.807) is 42.5 Å². The number of hydrazine groups is 1.